The summed E-state index contributed by atoms with van der Waals surface area (Å²) in [4.78, 5) is 39.7. The molecule has 0 fully saturated rings. The Morgan fingerprint density at radius 3 is 1.57 bits per heavy atom. The van der Waals surface area contributed by atoms with E-state index in [0.29, 0.717) is 32.1 Å². The molecule has 10 heteroatoms. The maximum Gasteiger partial charge on any atom is 0.396 e. The van der Waals surface area contributed by atoms with Gasteiger partial charge in [-0.15, -0.1) is 0 Å². The summed E-state index contributed by atoms with van der Waals surface area (Å²) in [5, 5.41) is 0. The molecule has 0 radical (unpaired) electrons. The van der Waals surface area contributed by atoms with Gasteiger partial charge in [0.2, 0.25) is 11.0 Å². The van der Waals surface area contributed by atoms with E-state index in [9.17, 15) is 18.7 Å². The van der Waals surface area contributed by atoms with Crippen LogP contribution in [0.1, 0.15) is 44.9 Å². The van der Waals surface area contributed by atoms with Crippen molar-refractivity contribution in [1.29, 1.82) is 0 Å². The van der Waals surface area contributed by atoms with Gasteiger partial charge < -0.3 is 18.8 Å². The average molecular weight is 344 g/mol. The lowest BCUT2D eigenvalue weighted by atomic mass is 10.1. The highest BCUT2D eigenvalue weighted by molar-refractivity contribution is 7.71. The standard InChI is InChI=1S/C11H22O8P2/c1-18-21(17,19-2)11(13)9-7-5-3-4-6-8-10(12)20(14,15)16/h3-9H2,1-2H3,(H2,14,15,16). The summed E-state index contributed by atoms with van der Waals surface area (Å²) in [7, 11) is -5.93. The van der Waals surface area contributed by atoms with E-state index in [-0.39, 0.29) is 12.8 Å². The van der Waals surface area contributed by atoms with Gasteiger partial charge in [-0.1, -0.05) is 19.3 Å². The average Bonchev–Trinajstić information content (AvgIpc) is 2.43. The molecule has 0 atom stereocenters. The van der Waals surface area contributed by atoms with Crippen molar-refractivity contribution in [1.82, 2.24) is 0 Å². The molecule has 0 saturated carbocycles. The van der Waals surface area contributed by atoms with E-state index in [1.165, 1.54) is 0 Å². The van der Waals surface area contributed by atoms with Gasteiger partial charge in [-0.3, -0.25) is 18.7 Å². The minimum Gasteiger partial charge on any atom is -0.319 e. The van der Waals surface area contributed by atoms with Crippen molar-refractivity contribution < 1.29 is 37.6 Å². The van der Waals surface area contributed by atoms with E-state index in [0.717, 1.165) is 14.2 Å². The highest BCUT2D eigenvalue weighted by Gasteiger charge is 2.31. The normalized spacial score (nSPS) is 12.4. The number of rotatable bonds is 12. The predicted molar refractivity (Wildman–Crippen MR) is 76.0 cm³/mol. The summed E-state index contributed by atoms with van der Waals surface area (Å²) in [6.45, 7) is 0. The zero-order valence-corrected chi connectivity index (χ0v) is 14.0. The third-order valence-electron chi connectivity index (χ3n) is 2.89. The van der Waals surface area contributed by atoms with Gasteiger partial charge in [0.25, 0.3) is 0 Å². The summed E-state index contributed by atoms with van der Waals surface area (Å²) in [6.07, 6.45) is 2.88. The van der Waals surface area contributed by atoms with Crippen LogP contribution >= 0.6 is 15.2 Å². The van der Waals surface area contributed by atoms with Crippen LogP contribution in [0.15, 0.2) is 0 Å². The number of hydrogen-bond acceptors (Lipinski definition) is 6. The van der Waals surface area contributed by atoms with Gasteiger partial charge in [0.15, 0.2) is 0 Å². The van der Waals surface area contributed by atoms with Gasteiger partial charge in [-0.05, 0) is 12.8 Å². The number of hydrogen-bond donors (Lipinski definition) is 2. The first-order valence-electron chi connectivity index (χ1n) is 6.51. The van der Waals surface area contributed by atoms with Crippen molar-refractivity contribution in [2.24, 2.45) is 0 Å². The molecule has 0 aliphatic heterocycles. The lowest BCUT2D eigenvalue weighted by Crippen LogP contribution is -2.03. The fourth-order valence-corrected chi connectivity index (χ4v) is 3.08. The van der Waals surface area contributed by atoms with Crippen molar-refractivity contribution >= 4 is 26.2 Å². The smallest absolute Gasteiger partial charge is 0.319 e. The molecule has 0 amide bonds. The second-order valence-corrected chi connectivity index (χ2v) is 8.27. The van der Waals surface area contributed by atoms with E-state index in [1.54, 1.807) is 0 Å². The molecule has 0 rings (SSSR count). The Kier molecular flexibility index (Phi) is 9.45. The highest BCUT2D eigenvalue weighted by atomic mass is 31.2. The van der Waals surface area contributed by atoms with Crippen molar-refractivity contribution in [2.75, 3.05) is 14.2 Å². The van der Waals surface area contributed by atoms with Crippen LogP contribution in [0.5, 0.6) is 0 Å². The molecule has 0 saturated heterocycles. The summed E-state index contributed by atoms with van der Waals surface area (Å²) >= 11 is 0. The summed E-state index contributed by atoms with van der Waals surface area (Å²) in [5.41, 5.74) is -1.61. The molecule has 0 bridgehead atoms. The lowest BCUT2D eigenvalue weighted by molar-refractivity contribution is -0.114. The molecular formula is C11H22O8P2. The zero-order valence-electron chi connectivity index (χ0n) is 12.2. The molecule has 0 aromatic rings. The van der Waals surface area contributed by atoms with Crippen molar-refractivity contribution in [2.45, 2.75) is 44.9 Å². The fourth-order valence-electron chi connectivity index (χ4n) is 1.64. The fraction of sp³-hybridized carbons (Fsp3) is 0.818. The largest absolute Gasteiger partial charge is 0.396 e. The summed E-state index contributed by atoms with van der Waals surface area (Å²) in [5.74, 6) is 0. The van der Waals surface area contributed by atoms with Crippen LogP contribution in [0.25, 0.3) is 0 Å². The van der Waals surface area contributed by atoms with Crippen LogP contribution in [0.4, 0.5) is 0 Å². The number of unbranched alkanes of at least 4 members (excludes halogenated alkanes) is 4. The highest BCUT2D eigenvalue weighted by Crippen LogP contribution is 2.48. The minimum absolute atomic E-state index is 0.0837. The Bertz CT molecular complexity index is 434. The maximum absolute atomic E-state index is 11.7. The van der Waals surface area contributed by atoms with Crippen LogP contribution in [-0.2, 0) is 27.8 Å². The van der Waals surface area contributed by atoms with Gasteiger partial charge in [0, 0.05) is 27.1 Å². The van der Waals surface area contributed by atoms with E-state index in [2.05, 4.69) is 9.05 Å². The second kappa shape index (κ2) is 9.62. The molecule has 0 aromatic heterocycles. The van der Waals surface area contributed by atoms with Crippen LogP contribution in [0.3, 0.4) is 0 Å². The molecule has 0 aromatic carbocycles. The zero-order chi connectivity index (χ0) is 16.5. The van der Waals surface area contributed by atoms with Gasteiger partial charge >= 0.3 is 15.2 Å². The van der Waals surface area contributed by atoms with Crippen molar-refractivity contribution in [3.8, 4) is 0 Å². The third-order valence-corrected chi connectivity index (χ3v) is 5.56. The lowest BCUT2D eigenvalue weighted by Gasteiger charge is -2.11. The Labute approximate surface area is 123 Å². The SMILES string of the molecule is COP(=O)(OC)C(=O)CCCCCCCC(=O)P(=O)(O)O. The van der Waals surface area contributed by atoms with Gasteiger partial charge in [-0.2, -0.15) is 0 Å². The van der Waals surface area contributed by atoms with Crippen LogP contribution < -0.4 is 0 Å². The van der Waals surface area contributed by atoms with E-state index < -0.39 is 26.2 Å². The molecule has 8 nitrogen and oxygen atoms in total. The Balaban J connectivity index is 3.75. The first-order chi connectivity index (χ1) is 9.67. The monoisotopic (exact) mass is 344 g/mol. The third kappa shape index (κ3) is 8.00. The molecule has 124 valence electrons. The predicted octanol–water partition coefficient (Wildman–Crippen LogP) is 2.43. The summed E-state index contributed by atoms with van der Waals surface area (Å²) < 4.78 is 31.4. The second-order valence-electron chi connectivity index (χ2n) is 4.46. The van der Waals surface area contributed by atoms with Gasteiger partial charge in [-0.25, -0.2) is 0 Å². The Morgan fingerprint density at radius 2 is 1.19 bits per heavy atom. The van der Waals surface area contributed by atoms with Crippen molar-refractivity contribution in [3.05, 3.63) is 0 Å². The van der Waals surface area contributed by atoms with E-state index >= 15 is 0 Å². The van der Waals surface area contributed by atoms with Crippen LogP contribution in [0, 0.1) is 0 Å². The molecule has 2 N–H and O–H groups in total. The van der Waals surface area contributed by atoms with Crippen molar-refractivity contribution in [3.63, 3.8) is 0 Å². The number of carbonyl (C=O) groups excluding carboxylic acids is 2. The maximum atomic E-state index is 11.7. The van der Waals surface area contributed by atoms with E-state index in [1.807, 2.05) is 0 Å². The molecule has 0 heterocycles. The molecule has 0 spiro atoms. The van der Waals surface area contributed by atoms with Gasteiger partial charge in [0.1, 0.15) is 0 Å². The minimum atomic E-state index is -4.60. The molecular weight excluding hydrogens is 322 g/mol. The topological polar surface area (TPSA) is 127 Å². The number of carbonyl (C=O) groups is 2. The first-order valence-corrected chi connectivity index (χ1v) is 9.66. The molecule has 0 aliphatic rings. The molecule has 0 aliphatic carbocycles. The van der Waals surface area contributed by atoms with Gasteiger partial charge in [0.05, 0.1) is 0 Å². The van der Waals surface area contributed by atoms with Crippen LogP contribution in [-0.4, -0.2) is 35.1 Å². The Hall–Kier alpha value is -0.360. The van der Waals surface area contributed by atoms with E-state index in [4.69, 9.17) is 9.79 Å². The molecule has 0 unspecified atom stereocenters. The molecule has 21 heavy (non-hydrogen) atoms. The first kappa shape index (κ1) is 20.6. The summed E-state index contributed by atoms with van der Waals surface area (Å²) in [6, 6.07) is 0. The Morgan fingerprint density at radius 1 is 0.810 bits per heavy atom. The van der Waals surface area contributed by atoms with Crippen LogP contribution in [0.2, 0.25) is 0 Å². The quantitative estimate of drug-likeness (QED) is 0.408.